The second-order valence-electron chi connectivity index (χ2n) is 6.21. The zero-order chi connectivity index (χ0) is 15.3. The summed E-state index contributed by atoms with van der Waals surface area (Å²) in [6, 6.07) is 0. The smallest absolute Gasteiger partial charge is 0.232 e. The molecule has 1 fully saturated rings. The van der Waals surface area contributed by atoms with Crippen LogP contribution in [0.1, 0.15) is 45.3 Å². The van der Waals surface area contributed by atoms with E-state index in [1.54, 1.807) is 7.05 Å². The van der Waals surface area contributed by atoms with Gasteiger partial charge >= 0.3 is 0 Å². The minimum Gasteiger partial charge on any atom is -0.376 e. The van der Waals surface area contributed by atoms with E-state index in [-0.39, 0.29) is 11.5 Å². The van der Waals surface area contributed by atoms with E-state index >= 15 is 0 Å². The van der Waals surface area contributed by atoms with Crippen molar-refractivity contribution < 1.29 is 9.26 Å². The van der Waals surface area contributed by atoms with Crippen molar-refractivity contribution in [2.75, 3.05) is 20.2 Å². The first-order valence-electron chi connectivity index (χ1n) is 7.38. The molecule has 0 radical (unpaired) electrons. The number of nitrogens with zero attached hydrogens (tertiary/aromatic N) is 3. The number of ether oxygens (including phenoxy) is 1. The SMILES string of the molecule is CN=C(NCc1noc(C(C)(C)C)n1)NCC1CCCO1. The molecule has 2 heterocycles. The number of nitrogens with one attached hydrogen (secondary N) is 2. The average molecular weight is 295 g/mol. The van der Waals surface area contributed by atoms with Gasteiger partial charge in [0.15, 0.2) is 11.8 Å². The van der Waals surface area contributed by atoms with Crippen molar-refractivity contribution in [3.8, 4) is 0 Å². The lowest BCUT2D eigenvalue weighted by atomic mass is 9.97. The molecule has 21 heavy (non-hydrogen) atoms. The Labute approximate surface area is 125 Å². The lowest BCUT2D eigenvalue weighted by Crippen LogP contribution is -2.40. The zero-order valence-electron chi connectivity index (χ0n) is 13.3. The van der Waals surface area contributed by atoms with Gasteiger partial charge in [-0.05, 0) is 12.8 Å². The van der Waals surface area contributed by atoms with Gasteiger partial charge in [0.25, 0.3) is 0 Å². The van der Waals surface area contributed by atoms with Crippen LogP contribution in [0.4, 0.5) is 0 Å². The van der Waals surface area contributed by atoms with Crippen LogP contribution in [-0.4, -0.2) is 42.4 Å². The third-order valence-corrected chi connectivity index (χ3v) is 3.27. The highest BCUT2D eigenvalue weighted by atomic mass is 16.5. The average Bonchev–Trinajstić information content (AvgIpc) is 3.09. The van der Waals surface area contributed by atoms with Crippen molar-refractivity contribution >= 4 is 5.96 Å². The van der Waals surface area contributed by atoms with Gasteiger partial charge in [-0.3, -0.25) is 4.99 Å². The molecule has 0 spiro atoms. The summed E-state index contributed by atoms with van der Waals surface area (Å²) >= 11 is 0. The molecule has 0 bridgehead atoms. The topological polar surface area (TPSA) is 84.6 Å². The lowest BCUT2D eigenvalue weighted by molar-refractivity contribution is 0.114. The first-order valence-corrected chi connectivity index (χ1v) is 7.38. The Balaban J connectivity index is 1.78. The Morgan fingerprint density at radius 3 is 2.76 bits per heavy atom. The van der Waals surface area contributed by atoms with Crippen LogP contribution in [0.2, 0.25) is 0 Å². The summed E-state index contributed by atoms with van der Waals surface area (Å²) in [5.41, 5.74) is -0.134. The third kappa shape index (κ3) is 4.70. The number of hydrogen-bond acceptors (Lipinski definition) is 5. The van der Waals surface area contributed by atoms with Crippen LogP contribution in [0.15, 0.2) is 9.52 Å². The second-order valence-corrected chi connectivity index (χ2v) is 6.21. The molecule has 7 heteroatoms. The van der Waals surface area contributed by atoms with E-state index in [0.717, 1.165) is 26.0 Å². The molecule has 0 aromatic carbocycles. The number of aliphatic imine (C=N–C) groups is 1. The van der Waals surface area contributed by atoms with Crippen molar-refractivity contribution in [3.05, 3.63) is 11.7 Å². The van der Waals surface area contributed by atoms with Crippen molar-refractivity contribution in [3.63, 3.8) is 0 Å². The highest BCUT2D eigenvalue weighted by Crippen LogP contribution is 2.19. The first kappa shape index (κ1) is 15.8. The van der Waals surface area contributed by atoms with Gasteiger partial charge in [-0.1, -0.05) is 25.9 Å². The van der Waals surface area contributed by atoms with Crippen LogP contribution in [0.25, 0.3) is 0 Å². The molecule has 1 saturated heterocycles. The number of guanidine groups is 1. The Hall–Kier alpha value is -1.63. The maximum absolute atomic E-state index is 5.57. The van der Waals surface area contributed by atoms with Crippen molar-refractivity contribution in [2.24, 2.45) is 4.99 Å². The molecule has 1 aromatic rings. The first-order chi connectivity index (χ1) is 9.99. The third-order valence-electron chi connectivity index (χ3n) is 3.27. The van der Waals surface area contributed by atoms with Crippen molar-refractivity contribution in [2.45, 2.75) is 51.7 Å². The molecule has 1 aliphatic rings. The molecule has 7 nitrogen and oxygen atoms in total. The fourth-order valence-corrected chi connectivity index (χ4v) is 2.03. The number of hydrogen-bond donors (Lipinski definition) is 2. The highest BCUT2D eigenvalue weighted by molar-refractivity contribution is 5.79. The van der Waals surface area contributed by atoms with Crippen molar-refractivity contribution in [1.29, 1.82) is 0 Å². The molecule has 0 saturated carbocycles. The number of rotatable bonds is 4. The Bertz CT molecular complexity index is 472. The van der Waals surface area contributed by atoms with E-state index in [2.05, 4.69) is 25.8 Å². The van der Waals surface area contributed by atoms with Crippen LogP contribution in [0.5, 0.6) is 0 Å². The van der Waals surface area contributed by atoms with E-state index in [9.17, 15) is 0 Å². The quantitative estimate of drug-likeness (QED) is 0.641. The summed E-state index contributed by atoms with van der Waals surface area (Å²) in [6.45, 7) is 8.22. The minimum atomic E-state index is -0.134. The van der Waals surface area contributed by atoms with Crippen LogP contribution in [0.3, 0.4) is 0 Å². The van der Waals surface area contributed by atoms with Crippen LogP contribution < -0.4 is 10.6 Å². The largest absolute Gasteiger partial charge is 0.376 e. The molecule has 1 aliphatic heterocycles. The summed E-state index contributed by atoms with van der Waals surface area (Å²) in [4.78, 5) is 8.55. The van der Waals surface area contributed by atoms with E-state index in [1.165, 1.54) is 0 Å². The lowest BCUT2D eigenvalue weighted by Gasteiger charge is -2.14. The van der Waals surface area contributed by atoms with Gasteiger partial charge in [0.2, 0.25) is 5.89 Å². The van der Waals surface area contributed by atoms with E-state index in [1.807, 2.05) is 20.8 Å². The fraction of sp³-hybridized carbons (Fsp3) is 0.786. The molecule has 1 atom stereocenters. The minimum absolute atomic E-state index is 0.134. The molecular weight excluding hydrogens is 270 g/mol. The normalized spacial score (nSPS) is 19.8. The molecule has 2 rings (SSSR count). The van der Waals surface area contributed by atoms with Gasteiger partial charge in [0.05, 0.1) is 12.6 Å². The van der Waals surface area contributed by atoms with Crippen molar-refractivity contribution in [1.82, 2.24) is 20.8 Å². The molecule has 2 N–H and O–H groups in total. The van der Waals surface area contributed by atoms with Gasteiger partial charge in [-0.2, -0.15) is 4.98 Å². The van der Waals surface area contributed by atoms with E-state index in [0.29, 0.717) is 24.2 Å². The predicted molar refractivity (Wildman–Crippen MR) is 80.2 cm³/mol. The van der Waals surface area contributed by atoms with Gasteiger partial charge in [0.1, 0.15) is 0 Å². The van der Waals surface area contributed by atoms with Crippen LogP contribution in [0, 0.1) is 0 Å². The van der Waals surface area contributed by atoms with Gasteiger partial charge in [0, 0.05) is 25.6 Å². The molecule has 118 valence electrons. The summed E-state index contributed by atoms with van der Waals surface area (Å²) in [7, 11) is 1.74. The van der Waals surface area contributed by atoms with E-state index in [4.69, 9.17) is 9.26 Å². The van der Waals surface area contributed by atoms with Gasteiger partial charge in [-0.15, -0.1) is 0 Å². The van der Waals surface area contributed by atoms with E-state index < -0.39 is 0 Å². The predicted octanol–water partition coefficient (Wildman–Crippen LogP) is 1.21. The molecule has 0 aliphatic carbocycles. The number of aromatic nitrogens is 2. The summed E-state index contributed by atoms with van der Waals surface area (Å²) in [5.74, 6) is 1.98. The standard InChI is InChI=1S/C14H25N5O2/c1-14(2,3)12-18-11(19-21-12)9-17-13(15-4)16-8-10-6-5-7-20-10/h10H,5-9H2,1-4H3,(H2,15,16,17). The Kier molecular flexibility index (Phi) is 5.17. The maximum atomic E-state index is 5.57. The molecule has 0 amide bonds. The zero-order valence-corrected chi connectivity index (χ0v) is 13.3. The maximum Gasteiger partial charge on any atom is 0.232 e. The van der Waals surface area contributed by atoms with Crippen LogP contribution >= 0.6 is 0 Å². The monoisotopic (exact) mass is 295 g/mol. The van der Waals surface area contributed by atoms with Gasteiger partial charge in [-0.25, -0.2) is 0 Å². The second kappa shape index (κ2) is 6.89. The summed E-state index contributed by atoms with van der Waals surface area (Å²) in [5, 5.41) is 10.4. The van der Waals surface area contributed by atoms with Crippen LogP contribution in [-0.2, 0) is 16.7 Å². The Morgan fingerprint density at radius 1 is 1.38 bits per heavy atom. The highest BCUT2D eigenvalue weighted by Gasteiger charge is 2.21. The molecule has 1 unspecified atom stereocenters. The Morgan fingerprint density at radius 2 is 2.19 bits per heavy atom. The molecule has 1 aromatic heterocycles. The fourth-order valence-electron chi connectivity index (χ4n) is 2.03. The molecular formula is C14H25N5O2. The van der Waals surface area contributed by atoms with Gasteiger partial charge < -0.3 is 19.9 Å². The summed E-state index contributed by atoms with van der Waals surface area (Å²) in [6.07, 6.45) is 2.52. The summed E-state index contributed by atoms with van der Waals surface area (Å²) < 4.78 is 10.8.